The summed E-state index contributed by atoms with van der Waals surface area (Å²) in [7, 11) is 0. The Balaban J connectivity index is 2.24. The number of hydrogen-bond donors (Lipinski definition) is 3. The van der Waals surface area contributed by atoms with E-state index in [4.69, 9.17) is 10.6 Å². The van der Waals surface area contributed by atoms with Gasteiger partial charge >= 0.3 is 0 Å². The lowest BCUT2D eigenvalue weighted by Crippen LogP contribution is -2.31. The highest BCUT2D eigenvalue weighted by Crippen LogP contribution is 2.33. The molecular formula is C13H14Br2N4O2. The summed E-state index contributed by atoms with van der Waals surface area (Å²) in [5.41, 5.74) is 4.63. The van der Waals surface area contributed by atoms with Crippen LogP contribution in [0.15, 0.2) is 21.1 Å². The summed E-state index contributed by atoms with van der Waals surface area (Å²) < 4.78 is 7.57. The maximum Gasteiger partial charge on any atom is 0.269 e. The van der Waals surface area contributed by atoms with E-state index in [1.165, 1.54) is 0 Å². The van der Waals surface area contributed by atoms with Gasteiger partial charge in [-0.25, -0.2) is 5.84 Å². The van der Waals surface area contributed by atoms with Crippen LogP contribution in [0, 0.1) is 13.8 Å². The third-order valence-corrected chi connectivity index (χ3v) is 3.97. The number of nitrogens with zero attached hydrogens (tertiary/aromatic N) is 1. The number of H-pyrrole nitrogens is 1. The molecule has 2 aromatic rings. The number of ether oxygens (including phenoxy) is 1. The van der Waals surface area contributed by atoms with Gasteiger partial charge < -0.3 is 4.74 Å². The number of carbonyl (C=O) groups is 1. The van der Waals surface area contributed by atoms with E-state index in [0.29, 0.717) is 22.7 Å². The zero-order valence-corrected chi connectivity index (χ0v) is 14.6. The first-order valence-corrected chi connectivity index (χ1v) is 7.66. The first kappa shape index (κ1) is 16.0. The van der Waals surface area contributed by atoms with Crippen molar-refractivity contribution in [3.8, 4) is 5.75 Å². The number of hydrazine groups is 1. The predicted molar refractivity (Wildman–Crippen MR) is 85.9 cm³/mol. The van der Waals surface area contributed by atoms with Crippen molar-refractivity contribution in [2.75, 3.05) is 0 Å². The molecule has 0 aliphatic heterocycles. The minimum Gasteiger partial charge on any atom is -0.486 e. The third-order valence-electron chi connectivity index (χ3n) is 2.93. The van der Waals surface area contributed by atoms with Gasteiger partial charge in [-0.15, -0.1) is 0 Å². The van der Waals surface area contributed by atoms with Crippen molar-refractivity contribution in [3.05, 3.63) is 43.6 Å². The second-order valence-electron chi connectivity index (χ2n) is 4.47. The average molecular weight is 418 g/mol. The number of aromatic nitrogens is 2. The van der Waals surface area contributed by atoms with Crippen LogP contribution in [0.3, 0.4) is 0 Å². The van der Waals surface area contributed by atoms with Crippen LogP contribution in [-0.4, -0.2) is 16.1 Å². The van der Waals surface area contributed by atoms with Gasteiger partial charge in [0.25, 0.3) is 5.91 Å². The molecule has 0 radical (unpaired) electrons. The summed E-state index contributed by atoms with van der Waals surface area (Å²) in [5, 5.41) is 6.85. The topological polar surface area (TPSA) is 93.0 Å². The Hall–Kier alpha value is -1.38. The number of nitrogens with two attached hydrogens (primary N) is 1. The molecule has 0 saturated heterocycles. The first-order chi connectivity index (χ1) is 9.93. The van der Waals surface area contributed by atoms with Gasteiger partial charge in [0, 0.05) is 10.2 Å². The largest absolute Gasteiger partial charge is 0.486 e. The van der Waals surface area contributed by atoms with Crippen LogP contribution in [0.2, 0.25) is 0 Å². The molecule has 0 bridgehead atoms. The molecular weight excluding hydrogens is 404 g/mol. The molecule has 112 valence electrons. The highest BCUT2D eigenvalue weighted by molar-refractivity contribution is 9.11. The molecule has 6 nitrogen and oxygen atoms in total. The van der Waals surface area contributed by atoms with Gasteiger partial charge in [-0.3, -0.25) is 15.3 Å². The van der Waals surface area contributed by atoms with Crippen LogP contribution >= 0.6 is 31.9 Å². The zero-order chi connectivity index (χ0) is 15.6. The van der Waals surface area contributed by atoms with Crippen LogP contribution < -0.4 is 16.0 Å². The van der Waals surface area contributed by atoms with Crippen LogP contribution in [0.4, 0.5) is 0 Å². The van der Waals surface area contributed by atoms with E-state index < -0.39 is 5.91 Å². The standard InChI is InChI=1S/C13H14Br2N4O2/c1-6-3-8(14)4-9(15)12(6)21-5-10-11(13(20)17-16)7(2)18-19-10/h3-4H,5,16H2,1-2H3,(H,17,20)(H,18,19). The van der Waals surface area contributed by atoms with E-state index >= 15 is 0 Å². The lowest BCUT2D eigenvalue weighted by molar-refractivity contribution is 0.0950. The molecule has 21 heavy (non-hydrogen) atoms. The van der Waals surface area contributed by atoms with Crippen LogP contribution in [0.1, 0.15) is 27.3 Å². The predicted octanol–water partition coefficient (Wildman–Crippen LogP) is 2.73. The van der Waals surface area contributed by atoms with Crippen molar-refractivity contribution in [2.45, 2.75) is 20.5 Å². The minimum absolute atomic E-state index is 0.161. The summed E-state index contributed by atoms with van der Waals surface area (Å²) in [6.07, 6.45) is 0. The number of rotatable bonds is 4. The Labute approximate surface area is 138 Å². The third kappa shape index (κ3) is 3.45. The molecule has 0 unspecified atom stereocenters. The average Bonchev–Trinajstić information content (AvgIpc) is 2.78. The fourth-order valence-electron chi connectivity index (χ4n) is 1.97. The van der Waals surface area contributed by atoms with E-state index in [1.54, 1.807) is 6.92 Å². The number of hydrogen-bond acceptors (Lipinski definition) is 4. The van der Waals surface area contributed by atoms with Crippen molar-refractivity contribution >= 4 is 37.8 Å². The fourth-order valence-corrected chi connectivity index (χ4v) is 3.52. The molecule has 0 saturated carbocycles. The molecule has 1 aromatic heterocycles. The molecule has 1 aromatic carbocycles. The summed E-state index contributed by atoms with van der Waals surface area (Å²) in [6.45, 7) is 3.85. The van der Waals surface area contributed by atoms with Gasteiger partial charge in [0.15, 0.2) is 0 Å². The quantitative estimate of drug-likeness (QED) is 0.405. The van der Waals surface area contributed by atoms with Crippen LogP contribution in [0.5, 0.6) is 5.75 Å². The Morgan fingerprint density at radius 3 is 2.76 bits per heavy atom. The van der Waals surface area contributed by atoms with Gasteiger partial charge in [-0.05, 0) is 47.5 Å². The maximum atomic E-state index is 11.7. The second kappa shape index (κ2) is 6.59. The summed E-state index contributed by atoms with van der Waals surface area (Å²) in [4.78, 5) is 11.7. The number of nitrogens with one attached hydrogen (secondary N) is 2. The molecule has 8 heteroatoms. The van der Waals surface area contributed by atoms with E-state index in [2.05, 4.69) is 47.5 Å². The smallest absolute Gasteiger partial charge is 0.269 e. The van der Waals surface area contributed by atoms with Crippen molar-refractivity contribution < 1.29 is 9.53 Å². The molecule has 0 aliphatic rings. The fraction of sp³-hybridized carbons (Fsp3) is 0.231. The second-order valence-corrected chi connectivity index (χ2v) is 6.24. The van der Waals surface area contributed by atoms with Crippen molar-refractivity contribution in [3.63, 3.8) is 0 Å². The van der Waals surface area contributed by atoms with Gasteiger partial charge in [-0.2, -0.15) is 5.10 Å². The molecule has 0 fully saturated rings. The van der Waals surface area contributed by atoms with E-state index in [0.717, 1.165) is 14.5 Å². The highest BCUT2D eigenvalue weighted by atomic mass is 79.9. The van der Waals surface area contributed by atoms with E-state index in [1.807, 2.05) is 19.1 Å². The van der Waals surface area contributed by atoms with Gasteiger partial charge in [0.1, 0.15) is 18.1 Å². The van der Waals surface area contributed by atoms with Crippen molar-refractivity contribution in [2.24, 2.45) is 5.84 Å². The lowest BCUT2D eigenvalue weighted by Gasteiger charge is -2.11. The van der Waals surface area contributed by atoms with Gasteiger partial charge in [0.05, 0.1) is 10.0 Å². The van der Waals surface area contributed by atoms with Crippen LogP contribution in [0.25, 0.3) is 0 Å². The zero-order valence-electron chi connectivity index (χ0n) is 11.5. The summed E-state index contributed by atoms with van der Waals surface area (Å²) in [6, 6.07) is 3.84. The summed E-state index contributed by atoms with van der Waals surface area (Å²) in [5.74, 6) is 5.49. The maximum absolute atomic E-state index is 11.7. The summed E-state index contributed by atoms with van der Waals surface area (Å²) >= 11 is 6.87. The number of aryl methyl sites for hydroxylation is 2. The van der Waals surface area contributed by atoms with Gasteiger partial charge in [-0.1, -0.05) is 15.9 Å². The number of benzene rings is 1. The molecule has 2 rings (SSSR count). The molecule has 0 atom stereocenters. The Morgan fingerprint density at radius 1 is 1.43 bits per heavy atom. The number of aromatic amines is 1. The normalized spacial score (nSPS) is 10.5. The number of nitrogen functional groups attached to an aromatic ring is 1. The van der Waals surface area contributed by atoms with E-state index in [-0.39, 0.29) is 6.61 Å². The Bertz CT molecular complexity index is 662. The number of halogens is 2. The molecule has 0 aliphatic carbocycles. The van der Waals surface area contributed by atoms with E-state index in [9.17, 15) is 4.79 Å². The first-order valence-electron chi connectivity index (χ1n) is 6.07. The highest BCUT2D eigenvalue weighted by Gasteiger charge is 2.18. The molecule has 1 heterocycles. The van der Waals surface area contributed by atoms with Crippen molar-refractivity contribution in [1.29, 1.82) is 0 Å². The SMILES string of the molecule is Cc1cc(Br)cc(Br)c1OCc1n[nH]c(C)c1C(=O)NN. The monoisotopic (exact) mass is 416 g/mol. The van der Waals surface area contributed by atoms with Gasteiger partial charge in [0.2, 0.25) is 0 Å². The van der Waals surface area contributed by atoms with Crippen molar-refractivity contribution in [1.82, 2.24) is 15.6 Å². The molecule has 1 amide bonds. The molecule has 4 N–H and O–H groups in total. The minimum atomic E-state index is -0.397. The Morgan fingerprint density at radius 2 is 2.14 bits per heavy atom. The van der Waals surface area contributed by atoms with Crippen LogP contribution in [-0.2, 0) is 6.61 Å². The lowest BCUT2D eigenvalue weighted by atomic mass is 10.2. The number of amides is 1. The number of carbonyl (C=O) groups excluding carboxylic acids is 1. The Kier molecular flexibility index (Phi) is 5.02. The molecule has 0 spiro atoms.